The minimum atomic E-state index is 0.323. The quantitative estimate of drug-likeness (QED) is 0.348. The number of hydrogen-bond donors (Lipinski definition) is 1. The van der Waals surface area contributed by atoms with Crippen molar-refractivity contribution in [3.8, 4) is 11.5 Å². The molecule has 0 spiro atoms. The lowest BCUT2D eigenvalue weighted by Crippen LogP contribution is -2.40. The number of rotatable bonds is 10. The minimum absolute atomic E-state index is 0.323. The summed E-state index contributed by atoms with van der Waals surface area (Å²) in [5.41, 5.74) is 5.56. The van der Waals surface area contributed by atoms with Crippen LogP contribution in [0.25, 0.3) is 5.57 Å². The molecule has 0 aromatic heterocycles. The molecule has 5 fully saturated rings. The first-order valence-electron chi connectivity index (χ1n) is 14.4. The van der Waals surface area contributed by atoms with Crippen molar-refractivity contribution in [1.29, 1.82) is 0 Å². The maximum absolute atomic E-state index is 12.0. The first-order chi connectivity index (χ1) is 17.6. The number of allylic oxidation sites excluding steroid dienone is 1. The van der Waals surface area contributed by atoms with Crippen molar-refractivity contribution < 1.29 is 14.6 Å². The number of benzene rings is 2. The van der Waals surface area contributed by atoms with E-state index in [1.807, 2.05) is 12.1 Å². The van der Waals surface area contributed by atoms with Gasteiger partial charge in [-0.25, -0.2) is 0 Å². The van der Waals surface area contributed by atoms with E-state index in [1.54, 1.807) is 5.57 Å². The molecule has 0 atom stereocenters. The summed E-state index contributed by atoms with van der Waals surface area (Å²) < 4.78 is 6.05. The second-order valence-electron chi connectivity index (χ2n) is 12.0. The molecule has 5 aliphatic carbocycles. The van der Waals surface area contributed by atoms with Gasteiger partial charge in [0.1, 0.15) is 17.3 Å². The number of phenols is 1. The fourth-order valence-electron chi connectivity index (χ4n) is 7.65. The molecule has 5 saturated carbocycles. The highest BCUT2D eigenvalue weighted by molar-refractivity contribution is 5.83. The second kappa shape index (κ2) is 10.4. The molecule has 3 nitrogen and oxygen atoms in total. The Kier molecular flexibility index (Phi) is 6.91. The Morgan fingerprint density at radius 2 is 1.39 bits per heavy atom. The third-order valence-electron chi connectivity index (χ3n) is 9.50. The van der Waals surface area contributed by atoms with Gasteiger partial charge in [0.2, 0.25) is 0 Å². The monoisotopic (exact) mass is 484 g/mol. The SMILES string of the molecule is O=C(CCCCCOc1ccc(C(=C2C3CC4CC(C3)CC2C4)c2ccc(O)cc2)cc1)C1CCC1. The lowest BCUT2D eigenvalue weighted by molar-refractivity contribution is -0.125. The van der Waals surface area contributed by atoms with Crippen molar-refractivity contribution in [2.45, 2.75) is 77.0 Å². The first-order valence-corrected chi connectivity index (χ1v) is 14.4. The molecule has 4 bridgehead atoms. The van der Waals surface area contributed by atoms with E-state index in [2.05, 4.69) is 36.4 Å². The van der Waals surface area contributed by atoms with E-state index >= 15 is 0 Å². The van der Waals surface area contributed by atoms with E-state index in [-0.39, 0.29) is 0 Å². The summed E-state index contributed by atoms with van der Waals surface area (Å²) >= 11 is 0. The molecule has 2 aromatic rings. The lowest BCUT2D eigenvalue weighted by Gasteiger charge is -2.52. The molecule has 0 aliphatic heterocycles. The van der Waals surface area contributed by atoms with Crippen LogP contribution in [0.3, 0.4) is 0 Å². The van der Waals surface area contributed by atoms with Crippen LogP contribution >= 0.6 is 0 Å². The van der Waals surface area contributed by atoms with Crippen LogP contribution in [0.1, 0.15) is 88.2 Å². The average Bonchev–Trinajstić information content (AvgIpc) is 2.83. The van der Waals surface area contributed by atoms with Gasteiger partial charge in [-0.2, -0.15) is 0 Å². The zero-order chi connectivity index (χ0) is 24.5. The van der Waals surface area contributed by atoms with Gasteiger partial charge in [0.15, 0.2) is 0 Å². The van der Waals surface area contributed by atoms with Crippen LogP contribution in [0.15, 0.2) is 54.1 Å². The standard InChI is InChI=1S/C33H40O3/c34-29-12-8-25(9-13-29)32(33-27-18-22-17-23(20-27)21-28(33)19-22)26-10-14-30(15-11-26)36-16-3-1-2-7-31(35)24-5-4-6-24/h8-15,22-24,27-28,34H,1-7,16-21H2. The summed E-state index contributed by atoms with van der Waals surface area (Å²) in [6.07, 6.45) is 14.1. The highest BCUT2D eigenvalue weighted by Gasteiger charge is 2.46. The van der Waals surface area contributed by atoms with E-state index in [4.69, 9.17) is 4.74 Å². The predicted octanol–water partition coefficient (Wildman–Crippen LogP) is 7.96. The number of phenolic OH excluding ortho intramolecular Hbond substituents is 1. The topological polar surface area (TPSA) is 46.5 Å². The van der Waals surface area contributed by atoms with Gasteiger partial charge in [-0.1, -0.05) is 36.3 Å². The molecular formula is C33H40O3. The molecule has 0 heterocycles. The van der Waals surface area contributed by atoms with Gasteiger partial charge in [0.05, 0.1) is 6.61 Å². The fraction of sp³-hybridized carbons (Fsp3) is 0.545. The number of ether oxygens (including phenoxy) is 1. The minimum Gasteiger partial charge on any atom is -0.508 e. The van der Waals surface area contributed by atoms with Crippen LogP contribution in [0.5, 0.6) is 11.5 Å². The smallest absolute Gasteiger partial charge is 0.135 e. The van der Waals surface area contributed by atoms with Gasteiger partial charge in [-0.05, 0) is 129 Å². The second-order valence-corrected chi connectivity index (χ2v) is 12.0. The molecule has 0 saturated heterocycles. The molecule has 0 radical (unpaired) electrons. The van der Waals surface area contributed by atoms with Crippen molar-refractivity contribution in [2.75, 3.05) is 6.61 Å². The van der Waals surface area contributed by atoms with Crippen LogP contribution in [0, 0.1) is 29.6 Å². The van der Waals surface area contributed by atoms with Gasteiger partial charge in [0.25, 0.3) is 0 Å². The zero-order valence-electron chi connectivity index (χ0n) is 21.5. The van der Waals surface area contributed by atoms with Crippen LogP contribution in [-0.4, -0.2) is 17.5 Å². The summed E-state index contributed by atoms with van der Waals surface area (Å²) in [7, 11) is 0. The fourth-order valence-corrected chi connectivity index (χ4v) is 7.65. The summed E-state index contributed by atoms with van der Waals surface area (Å²) in [6.45, 7) is 0.704. The summed E-state index contributed by atoms with van der Waals surface area (Å²) in [6, 6.07) is 16.5. The Morgan fingerprint density at radius 1 is 0.778 bits per heavy atom. The molecular weight excluding hydrogens is 444 g/mol. The van der Waals surface area contributed by atoms with Crippen LogP contribution in [0.4, 0.5) is 0 Å². The molecule has 36 heavy (non-hydrogen) atoms. The molecule has 2 aromatic carbocycles. The number of carbonyl (C=O) groups excluding carboxylic acids is 1. The molecule has 190 valence electrons. The Hall–Kier alpha value is -2.55. The van der Waals surface area contributed by atoms with Crippen LogP contribution in [-0.2, 0) is 4.79 Å². The molecule has 0 amide bonds. The van der Waals surface area contributed by atoms with Crippen molar-refractivity contribution in [3.63, 3.8) is 0 Å². The first kappa shape index (κ1) is 23.8. The van der Waals surface area contributed by atoms with E-state index in [0.717, 1.165) is 67.9 Å². The molecule has 5 aliphatic rings. The van der Waals surface area contributed by atoms with Crippen molar-refractivity contribution in [3.05, 3.63) is 65.2 Å². The third-order valence-corrected chi connectivity index (χ3v) is 9.50. The molecule has 1 N–H and O–H groups in total. The van der Waals surface area contributed by atoms with Gasteiger partial charge in [0, 0.05) is 12.3 Å². The average molecular weight is 485 g/mol. The van der Waals surface area contributed by atoms with E-state index < -0.39 is 0 Å². The van der Waals surface area contributed by atoms with E-state index in [0.29, 0.717) is 24.1 Å². The Balaban J connectivity index is 1.12. The van der Waals surface area contributed by atoms with Crippen LogP contribution in [0.2, 0.25) is 0 Å². The van der Waals surface area contributed by atoms with Gasteiger partial charge >= 0.3 is 0 Å². The maximum atomic E-state index is 12.0. The Bertz CT molecular complexity index is 1060. The van der Waals surface area contributed by atoms with Gasteiger partial charge in [-0.3, -0.25) is 4.79 Å². The summed E-state index contributed by atoms with van der Waals surface area (Å²) in [4.78, 5) is 12.0. The molecule has 3 heteroatoms. The van der Waals surface area contributed by atoms with E-state index in [9.17, 15) is 9.90 Å². The Morgan fingerprint density at radius 3 is 1.97 bits per heavy atom. The Labute approximate surface area is 216 Å². The number of aromatic hydroxyl groups is 1. The van der Waals surface area contributed by atoms with Crippen molar-refractivity contribution in [1.82, 2.24) is 0 Å². The predicted molar refractivity (Wildman–Crippen MR) is 144 cm³/mol. The van der Waals surface area contributed by atoms with Crippen LogP contribution < -0.4 is 4.74 Å². The molecule has 7 rings (SSSR count). The number of unbranched alkanes of at least 4 members (excludes halogenated alkanes) is 2. The number of hydrogen-bond acceptors (Lipinski definition) is 3. The highest BCUT2D eigenvalue weighted by Crippen LogP contribution is 2.58. The van der Waals surface area contributed by atoms with Gasteiger partial charge in [-0.15, -0.1) is 0 Å². The van der Waals surface area contributed by atoms with Crippen molar-refractivity contribution >= 4 is 11.4 Å². The van der Waals surface area contributed by atoms with E-state index in [1.165, 1.54) is 55.2 Å². The summed E-state index contributed by atoms with van der Waals surface area (Å²) in [5, 5.41) is 9.91. The normalized spacial score (nSPS) is 26.6. The summed E-state index contributed by atoms with van der Waals surface area (Å²) in [5.74, 6) is 5.41. The largest absolute Gasteiger partial charge is 0.508 e. The number of ketones is 1. The van der Waals surface area contributed by atoms with Gasteiger partial charge < -0.3 is 9.84 Å². The number of Topliss-reactive ketones (excluding diaryl/α,β-unsaturated/α-hetero) is 1. The number of carbonyl (C=O) groups is 1. The van der Waals surface area contributed by atoms with Crippen molar-refractivity contribution in [2.24, 2.45) is 29.6 Å². The highest BCUT2D eigenvalue weighted by atomic mass is 16.5. The maximum Gasteiger partial charge on any atom is 0.135 e. The zero-order valence-corrected chi connectivity index (χ0v) is 21.5. The lowest BCUT2D eigenvalue weighted by atomic mass is 9.53. The third kappa shape index (κ3) is 4.99. The molecule has 0 unspecified atom stereocenters.